The molecule has 0 aliphatic heterocycles. The summed E-state index contributed by atoms with van der Waals surface area (Å²) in [6.45, 7) is 9.46. The molecule has 0 aromatic carbocycles. The van der Waals surface area contributed by atoms with E-state index >= 15 is 0 Å². The molecule has 0 spiro atoms. The highest BCUT2D eigenvalue weighted by Gasteiger charge is 1.85. The van der Waals surface area contributed by atoms with Crippen LogP contribution in [0.25, 0.3) is 0 Å². The van der Waals surface area contributed by atoms with Crippen molar-refractivity contribution in [3.63, 3.8) is 0 Å². The molecule has 1 heteroatoms. The molecule has 0 amide bonds. The quantitative estimate of drug-likeness (QED) is 0.408. The Morgan fingerprint density at radius 3 is 2.67 bits per heavy atom. The second kappa shape index (κ2) is 5.83. The number of ether oxygens (including phenoxy) is 1. The molecular weight excluding hydrogens is 112 g/mol. The summed E-state index contributed by atoms with van der Waals surface area (Å²) in [4.78, 5) is 0. The van der Waals surface area contributed by atoms with Crippen molar-refractivity contribution in [1.29, 1.82) is 0 Å². The molecule has 0 saturated carbocycles. The molecular formula is C8H16O. The van der Waals surface area contributed by atoms with Crippen LogP contribution in [0, 0.1) is 0 Å². The van der Waals surface area contributed by atoms with Crippen LogP contribution in [0.5, 0.6) is 0 Å². The molecule has 0 bridgehead atoms. The second-order valence-electron chi connectivity index (χ2n) is 2.36. The fourth-order valence-corrected chi connectivity index (χ4v) is 0.493. The van der Waals surface area contributed by atoms with E-state index in [1.807, 2.05) is 6.92 Å². The first-order chi connectivity index (χ1) is 4.27. The topological polar surface area (TPSA) is 9.23 Å². The van der Waals surface area contributed by atoms with Gasteiger partial charge in [0.1, 0.15) is 0 Å². The van der Waals surface area contributed by atoms with Gasteiger partial charge in [-0.3, -0.25) is 0 Å². The average molecular weight is 128 g/mol. The molecule has 1 nitrogen and oxygen atoms in total. The van der Waals surface area contributed by atoms with Gasteiger partial charge in [0.05, 0.1) is 6.61 Å². The third-order valence-corrected chi connectivity index (χ3v) is 0.991. The Morgan fingerprint density at radius 2 is 2.22 bits per heavy atom. The highest BCUT2D eigenvalue weighted by Crippen LogP contribution is 1.91. The Hall–Kier alpha value is -0.300. The Morgan fingerprint density at radius 1 is 1.56 bits per heavy atom. The minimum atomic E-state index is 0.722. The Balaban J connectivity index is 2.83. The minimum absolute atomic E-state index is 0.722. The maximum Gasteiger partial charge on any atom is 0.0671 e. The first kappa shape index (κ1) is 8.70. The van der Waals surface area contributed by atoms with Gasteiger partial charge >= 0.3 is 0 Å². The van der Waals surface area contributed by atoms with Crippen LogP contribution in [-0.2, 0) is 4.74 Å². The van der Waals surface area contributed by atoms with Crippen LogP contribution in [0.15, 0.2) is 12.2 Å². The maximum atomic E-state index is 5.24. The van der Waals surface area contributed by atoms with Crippen LogP contribution in [-0.4, -0.2) is 13.2 Å². The van der Waals surface area contributed by atoms with Gasteiger partial charge in [0.25, 0.3) is 0 Å². The normalized spacial score (nSPS) is 9.56. The van der Waals surface area contributed by atoms with E-state index < -0.39 is 0 Å². The van der Waals surface area contributed by atoms with E-state index in [1.54, 1.807) is 0 Å². The van der Waals surface area contributed by atoms with Crippen molar-refractivity contribution in [1.82, 2.24) is 0 Å². The number of hydrogen-bond acceptors (Lipinski definition) is 1. The molecule has 54 valence electrons. The Bertz CT molecular complexity index is 76.6. The largest absolute Gasteiger partial charge is 0.377 e. The summed E-state index contributed by atoms with van der Waals surface area (Å²) in [6, 6.07) is 0. The highest BCUT2D eigenvalue weighted by molar-refractivity contribution is 4.87. The molecule has 0 atom stereocenters. The van der Waals surface area contributed by atoms with Crippen LogP contribution in [0.1, 0.15) is 26.7 Å². The van der Waals surface area contributed by atoms with Crippen molar-refractivity contribution in [3.05, 3.63) is 12.2 Å². The number of unbranched alkanes of at least 4 members (excludes halogenated alkanes) is 1. The van der Waals surface area contributed by atoms with Crippen molar-refractivity contribution in [3.8, 4) is 0 Å². The van der Waals surface area contributed by atoms with Crippen molar-refractivity contribution < 1.29 is 4.74 Å². The van der Waals surface area contributed by atoms with Crippen molar-refractivity contribution in [2.24, 2.45) is 0 Å². The lowest BCUT2D eigenvalue weighted by Gasteiger charge is -2.00. The van der Waals surface area contributed by atoms with Gasteiger partial charge in [0, 0.05) is 6.61 Å². The zero-order valence-electron chi connectivity index (χ0n) is 6.44. The lowest BCUT2D eigenvalue weighted by molar-refractivity contribution is 0.153. The molecule has 0 aliphatic carbocycles. The van der Waals surface area contributed by atoms with E-state index in [9.17, 15) is 0 Å². The molecule has 0 aromatic rings. The predicted octanol–water partition coefficient (Wildman–Crippen LogP) is 2.38. The third kappa shape index (κ3) is 7.70. The molecule has 9 heavy (non-hydrogen) atoms. The van der Waals surface area contributed by atoms with Gasteiger partial charge in [-0.1, -0.05) is 25.5 Å². The lowest BCUT2D eigenvalue weighted by Crippen LogP contribution is -1.96. The highest BCUT2D eigenvalue weighted by atomic mass is 16.5. The van der Waals surface area contributed by atoms with Crippen LogP contribution in [0.3, 0.4) is 0 Å². The molecule has 0 heterocycles. The number of hydrogen-bond donors (Lipinski definition) is 0. The van der Waals surface area contributed by atoms with Gasteiger partial charge in [-0.2, -0.15) is 0 Å². The van der Waals surface area contributed by atoms with Crippen molar-refractivity contribution in [2.75, 3.05) is 13.2 Å². The summed E-state index contributed by atoms with van der Waals surface area (Å²) in [5, 5.41) is 0. The fraction of sp³-hybridized carbons (Fsp3) is 0.750. The van der Waals surface area contributed by atoms with Crippen LogP contribution < -0.4 is 0 Å². The molecule has 0 rings (SSSR count). The standard InChI is InChI=1S/C8H16O/c1-4-5-6-9-7-8(2)3/h2,4-7H2,1,3H3. The average Bonchev–Trinajstić information content (AvgIpc) is 1.80. The fourth-order valence-electron chi connectivity index (χ4n) is 0.493. The van der Waals surface area contributed by atoms with Crippen LogP contribution in [0.2, 0.25) is 0 Å². The summed E-state index contributed by atoms with van der Waals surface area (Å²) >= 11 is 0. The van der Waals surface area contributed by atoms with Gasteiger partial charge in [0.15, 0.2) is 0 Å². The SMILES string of the molecule is C=C(C)COCCCC. The zero-order chi connectivity index (χ0) is 7.11. The van der Waals surface area contributed by atoms with E-state index in [0.29, 0.717) is 0 Å². The molecule has 0 unspecified atom stereocenters. The first-order valence-electron chi connectivity index (χ1n) is 3.49. The summed E-state index contributed by atoms with van der Waals surface area (Å²) in [6.07, 6.45) is 2.36. The van der Waals surface area contributed by atoms with Crippen LogP contribution in [0.4, 0.5) is 0 Å². The van der Waals surface area contributed by atoms with E-state index in [4.69, 9.17) is 4.74 Å². The summed E-state index contributed by atoms with van der Waals surface area (Å²) in [7, 11) is 0. The Labute approximate surface area is 57.7 Å². The smallest absolute Gasteiger partial charge is 0.0671 e. The van der Waals surface area contributed by atoms with Gasteiger partial charge < -0.3 is 4.74 Å². The van der Waals surface area contributed by atoms with E-state index in [0.717, 1.165) is 25.2 Å². The summed E-state index contributed by atoms with van der Waals surface area (Å²) in [5.41, 5.74) is 1.10. The minimum Gasteiger partial charge on any atom is -0.377 e. The molecule has 0 radical (unpaired) electrons. The van der Waals surface area contributed by atoms with Gasteiger partial charge in [0.2, 0.25) is 0 Å². The lowest BCUT2D eigenvalue weighted by atomic mass is 10.3. The maximum absolute atomic E-state index is 5.24. The van der Waals surface area contributed by atoms with E-state index in [2.05, 4.69) is 13.5 Å². The summed E-state index contributed by atoms with van der Waals surface area (Å²) in [5.74, 6) is 0. The summed E-state index contributed by atoms with van der Waals surface area (Å²) < 4.78 is 5.24. The third-order valence-electron chi connectivity index (χ3n) is 0.991. The molecule has 0 aliphatic rings. The van der Waals surface area contributed by atoms with Gasteiger partial charge in [-0.15, -0.1) is 0 Å². The number of rotatable bonds is 5. The van der Waals surface area contributed by atoms with Gasteiger partial charge in [-0.05, 0) is 13.3 Å². The van der Waals surface area contributed by atoms with Crippen LogP contribution >= 0.6 is 0 Å². The second-order valence-corrected chi connectivity index (χ2v) is 2.36. The van der Waals surface area contributed by atoms with E-state index in [-0.39, 0.29) is 0 Å². The first-order valence-corrected chi connectivity index (χ1v) is 3.49. The molecule has 0 saturated heterocycles. The molecule has 0 fully saturated rings. The Kier molecular flexibility index (Phi) is 5.64. The van der Waals surface area contributed by atoms with Crippen molar-refractivity contribution in [2.45, 2.75) is 26.7 Å². The van der Waals surface area contributed by atoms with E-state index in [1.165, 1.54) is 6.42 Å². The zero-order valence-corrected chi connectivity index (χ0v) is 6.44. The monoisotopic (exact) mass is 128 g/mol. The molecule has 0 N–H and O–H groups in total. The predicted molar refractivity (Wildman–Crippen MR) is 40.5 cm³/mol. The van der Waals surface area contributed by atoms with Crippen molar-refractivity contribution >= 4 is 0 Å². The molecule has 0 aromatic heterocycles. The van der Waals surface area contributed by atoms with Gasteiger partial charge in [-0.25, -0.2) is 0 Å².